The zero-order chi connectivity index (χ0) is 9.97. The van der Waals surface area contributed by atoms with Crippen molar-refractivity contribution in [3.63, 3.8) is 0 Å². The van der Waals surface area contributed by atoms with Crippen molar-refractivity contribution in [1.82, 2.24) is 5.32 Å². The second-order valence-electron chi connectivity index (χ2n) is 3.40. The highest BCUT2D eigenvalue weighted by Gasteiger charge is 2.08. The first-order valence-electron chi connectivity index (χ1n) is 4.65. The maximum atomic E-state index is 10.6. The number of amides is 2. The smallest absolute Gasteiger partial charge is 0.316 e. The highest BCUT2D eigenvalue weighted by atomic mass is 16.2. The van der Waals surface area contributed by atoms with Gasteiger partial charge in [0.25, 0.3) is 0 Å². The zero-order valence-electron chi connectivity index (χ0n) is 7.84. The second kappa shape index (κ2) is 3.67. The minimum absolute atomic E-state index is 0.520. The lowest BCUT2D eigenvalue weighted by Gasteiger charge is -2.17. The van der Waals surface area contributed by atoms with Crippen LogP contribution in [0.3, 0.4) is 0 Å². The molecule has 1 heterocycles. The molecule has 1 aliphatic rings. The molecule has 14 heavy (non-hydrogen) atoms. The molecule has 0 atom stereocenters. The van der Waals surface area contributed by atoms with Crippen LogP contribution in [0.15, 0.2) is 18.2 Å². The van der Waals surface area contributed by atoms with Crippen LogP contribution in [0.2, 0.25) is 0 Å². The summed E-state index contributed by atoms with van der Waals surface area (Å²) in [7, 11) is 0. The first-order valence-corrected chi connectivity index (χ1v) is 4.65. The number of hydrogen-bond donors (Lipinski definition) is 3. The predicted molar refractivity (Wildman–Crippen MR) is 55.1 cm³/mol. The molecular formula is C10H13N3O. The summed E-state index contributed by atoms with van der Waals surface area (Å²) in [5, 5.41) is 5.84. The molecular weight excluding hydrogens is 178 g/mol. The molecule has 4 N–H and O–H groups in total. The molecule has 2 rings (SSSR count). The molecule has 2 amide bonds. The van der Waals surface area contributed by atoms with Crippen LogP contribution in [-0.2, 0) is 13.0 Å². The lowest BCUT2D eigenvalue weighted by molar-refractivity contribution is 0.259. The van der Waals surface area contributed by atoms with E-state index in [4.69, 9.17) is 5.73 Å². The number of primary amides is 1. The fourth-order valence-corrected chi connectivity index (χ4v) is 1.70. The van der Waals surface area contributed by atoms with Gasteiger partial charge in [-0.3, -0.25) is 0 Å². The van der Waals surface area contributed by atoms with Crippen LogP contribution in [-0.4, -0.2) is 12.6 Å². The normalized spacial score (nSPS) is 14.6. The first kappa shape index (κ1) is 9.02. The molecule has 1 aromatic carbocycles. The number of carbonyl (C=O) groups is 1. The maximum absolute atomic E-state index is 10.6. The summed E-state index contributed by atoms with van der Waals surface area (Å²) >= 11 is 0. The van der Waals surface area contributed by atoms with Crippen molar-refractivity contribution in [3.8, 4) is 0 Å². The van der Waals surface area contributed by atoms with Crippen LogP contribution in [0.5, 0.6) is 0 Å². The minimum Gasteiger partial charge on any atom is -0.351 e. The summed E-state index contributed by atoms with van der Waals surface area (Å²) in [5.74, 6) is 0. The Hall–Kier alpha value is -1.55. The Kier molecular flexibility index (Phi) is 2.37. The summed E-state index contributed by atoms with van der Waals surface area (Å²) in [6.45, 7) is 1.89. The Morgan fingerprint density at radius 3 is 3.07 bits per heavy atom. The van der Waals surface area contributed by atoms with Gasteiger partial charge in [0.2, 0.25) is 0 Å². The predicted octanol–water partition coefficient (Wildman–Crippen LogP) is 0.823. The number of carbonyl (C=O) groups excluding carboxylic acids is 1. The number of hydrogen-bond acceptors (Lipinski definition) is 2. The Bertz CT molecular complexity index is 362. The molecule has 0 aromatic heterocycles. The topological polar surface area (TPSA) is 67.2 Å². The van der Waals surface area contributed by atoms with Gasteiger partial charge in [0.1, 0.15) is 0 Å². The lowest BCUT2D eigenvalue weighted by atomic mass is 10.0. The van der Waals surface area contributed by atoms with Gasteiger partial charge in [0.15, 0.2) is 0 Å². The van der Waals surface area contributed by atoms with Gasteiger partial charge in [0, 0.05) is 12.2 Å². The van der Waals surface area contributed by atoms with Crippen molar-refractivity contribution in [2.45, 2.75) is 13.0 Å². The quantitative estimate of drug-likeness (QED) is 0.615. The monoisotopic (exact) mass is 191 g/mol. The van der Waals surface area contributed by atoms with Gasteiger partial charge >= 0.3 is 6.03 Å². The van der Waals surface area contributed by atoms with Crippen LogP contribution in [0.1, 0.15) is 11.1 Å². The highest BCUT2D eigenvalue weighted by molar-refractivity contribution is 5.87. The third-order valence-electron chi connectivity index (χ3n) is 2.36. The van der Waals surface area contributed by atoms with Crippen LogP contribution >= 0.6 is 0 Å². The van der Waals surface area contributed by atoms with Crippen molar-refractivity contribution in [3.05, 3.63) is 29.3 Å². The van der Waals surface area contributed by atoms with Crippen LogP contribution in [0.4, 0.5) is 10.5 Å². The van der Waals surface area contributed by atoms with E-state index in [1.165, 1.54) is 11.1 Å². The van der Waals surface area contributed by atoms with Crippen molar-refractivity contribution < 1.29 is 4.79 Å². The summed E-state index contributed by atoms with van der Waals surface area (Å²) in [4.78, 5) is 10.6. The molecule has 1 aliphatic heterocycles. The summed E-state index contributed by atoms with van der Waals surface area (Å²) in [6, 6.07) is 5.37. The second-order valence-corrected chi connectivity index (χ2v) is 3.40. The number of nitrogens with one attached hydrogen (secondary N) is 2. The van der Waals surface area contributed by atoms with Gasteiger partial charge in [-0.2, -0.15) is 0 Å². The van der Waals surface area contributed by atoms with Crippen LogP contribution < -0.4 is 16.4 Å². The standard InChI is InChI=1S/C10H13N3O/c11-10(14)13-9-2-1-7-3-4-12-6-8(7)5-9/h1-2,5,12H,3-4,6H2,(H3,11,13,14). The van der Waals surface area contributed by atoms with E-state index in [0.29, 0.717) is 0 Å². The number of nitrogens with two attached hydrogens (primary N) is 1. The van der Waals surface area contributed by atoms with Crippen molar-refractivity contribution in [2.24, 2.45) is 5.73 Å². The fraction of sp³-hybridized carbons (Fsp3) is 0.300. The molecule has 0 spiro atoms. The van der Waals surface area contributed by atoms with E-state index >= 15 is 0 Å². The van der Waals surface area contributed by atoms with Gasteiger partial charge in [-0.25, -0.2) is 4.79 Å². The first-order chi connectivity index (χ1) is 6.75. The molecule has 4 heteroatoms. The highest BCUT2D eigenvalue weighted by Crippen LogP contribution is 2.18. The number of fused-ring (bicyclic) bond motifs is 1. The number of urea groups is 1. The molecule has 0 fully saturated rings. The van der Waals surface area contributed by atoms with Gasteiger partial charge in [-0.05, 0) is 36.2 Å². The van der Waals surface area contributed by atoms with Gasteiger partial charge in [-0.1, -0.05) is 6.07 Å². The number of rotatable bonds is 1. The van der Waals surface area contributed by atoms with Crippen molar-refractivity contribution in [1.29, 1.82) is 0 Å². The Morgan fingerprint density at radius 1 is 1.43 bits per heavy atom. The summed E-state index contributed by atoms with van der Waals surface area (Å²) in [6.07, 6.45) is 1.05. The molecule has 0 saturated carbocycles. The minimum atomic E-state index is -0.520. The number of benzene rings is 1. The molecule has 74 valence electrons. The average Bonchev–Trinajstić information content (AvgIpc) is 2.17. The molecule has 0 saturated heterocycles. The van der Waals surface area contributed by atoms with Gasteiger partial charge < -0.3 is 16.4 Å². The van der Waals surface area contributed by atoms with E-state index in [0.717, 1.165) is 25.2 Å². The zero-order valence-corrected chi connectivity index (χ0v) is 7.84. The fourth-order valence-electron chi connectivity index (χ4n) is 1.70. The molecule has 1 aromatic rings. The molecule has 0 aliphatic carbocycles. The van der Waals surface area contributed by atoms with Crippen LogP contribution in [0.25, 0.3) is 0 Å². The largest absolute Gasteiger partial charge is 0.351 e. The third kappa shape index (κ3) is 1.85. The lowest BCUT2D eigenvalue weighted by Crippen LogP contribution is -2.24. The molecule has 0 bridgehead atoms. The van der Waals surface area contributed by atoms with E-state index in [1.807, 2.05) is 18.2 Å². The summed E-state index contributed by atoms with van der Waals surface area (Å²) in [5.41, 5.74) is 8.38. The van der Waals surface area contributed by atoms with E-state index in [1.54, 1.807) is 0 Å². The van der Waals surface area contributed by atoms with Gasteiger partial charge in [0.05, 0.1) is 0 Å². The Labute approximate surface area is 82.5 Å². The average molecular weight is 191 g/mol. The van der Waals surface area contributed by atoms with E-state index in [2.05, 4.69) is 10.6 Å². The van der Waals surface area contributed by atoms with Crippen molar-refractivity contribution >= 4 is 11.7 Å². The Balaban J connectivity index is 2.24. The van der Waals surface area contributed by atoms with E-state index < -0.39 is 6.03 Å². The summed E-state index contributed by atoms with van der Waals surface area (Å²) < 4.78 is 0. The molecule has 4 nitrogen and oxygen atoms in total. The van der Waals surface area contributed by atoms with Gasteiger partial charge in [-0.15, -0.1) is 0 Å². The third-order valence-corrected chi connectivity index (χ3v) is 2.36. The molecule has 0 radical (unpaired) electrons. The van der Waals surface area contributed by atoms with E-state index in [-0.39, 0.29) is 0 Å². The molecule has 0 unspecified atom stereocenters. The number of anilines is 1. The SMILES string of the molecule is NC(=O)Nc1ccc2c(c1)CNCC2. The van der Waals surface area contributed by atoms with Crippen molar-refractivity contribution in [2.75, 3.05) is 11.9 Å². The Morgan fingerprint density at radius 2 is 2.29 bits per heavy atom. The van der Waals surface area contributed by atoms with Crippen LogP contribution in [0, 0.1) is 0 Å². The maximum Gasteiger partial charge on any atom is 0.316 e. The van der Waals surface area contributed by atoms with E-state index in [9.17, 15) is 4.79 Å².